The number of hydrogen-bond acceptors (Lipinski definition) is 5. The van der Waals surface area contributed by atoms with Gasteiger partial charge in [-0.25, -0.2) is 0 Å². The molecule has 2 aromatic heterocycles. The molecule has 1 fully saturated rings. The van der Waals surface area contributed by atoms with Crippen LogP contribution in [0.4, 0.5) is 0 Å². The monoisotopic (exact) mass is 374 g/mol. The maximum Gasteiger partial charge on any atom is 0.230 e. The fourth-order valence-corrected chi connectivity index (χ4v) is 4.17. The lowest BCUT2D eigenvalue weighted by Gasteiger charge is -2.29. The average molecular weight is 375 g/mol. The Morgan fingerprint density at radius 3 is 2.96 bits per heavy atom. The van der Waals surface area contributed by atoms with Gasteiger partial charge in [-0.05, 0) is 31.7 Å². The number of allylic oxidation sites excluding steroid dienone is 1. The van der Waals surface area contributed by atoms with Gasteiger partial charge < -0.3 is 9.73 Å². The lowest BCUT2D eigenvalue weighted by molar-refractivity contribution is -0.119. The van der Waals surface area contributed by atoms with Crippen molar-refractivity contribution in [2.45, 2.75) is 57.3 Å². The van der Waals surface area contributed by atoms with Gasteiger partial charge in [0.1, 0.15) is 5.76 Å². The number of aryl methyl sites for hydroxylation is 1. The van der Waals surface area contributed by atoms with Gasteiger partial charge in [0.25, 0.3) is 0 Å². The van der Waals surface area contributed by atoms with Gasteiger partial charge in [-0.15, -0.1) is 16.8 Å². The van der Waals surface area contributed by atoms with E-state index < -0.39 is 0 Å². The van der Waals surface area contributed by atoms with Crippen molar-refractivity contribution < 1.29 is 9.21 Å². The molecule has 0 aliphatic heterocycles. The smallest absolute Gasteiger partial charge is 0.230 e. The van der Waals surface area contributed by atoms with Gasteiger partial charge in [0, 0.05) is 12.6 Å². The van der Waals surface area contributed by atoms with Crippen LogP contribution < -0.4 is 5.32 Å². The molecule has 1 amide bonds. The number of carbonyl (C=O) groups excluding carboxylic acids is 1. The Labute approximate surface area is 158 Å². The van der Waals surface area contributed by atoms with Crippen LogP contribution in [0.15, 0.2) is 34.6 Å². The van der Waals surface area contributed by atoms with E-state index in [2.05, 4.69) is 29.0 Å². The van der Waals surface area contributed by atoms with Gasteiger partial charge in [-0.2, -0.15) is 0 Å². The third-order valence-corrected chi connectivity index (χ3v) is 5.89. The number of hydrogen-bond donors (Lipinski definition) is 1. The summed E-state index contributed by atoms with van der Waals surface area (Å²) in [7, 11) is 0. The summed E-state index contributed by atoms with van der Waals surface area (Å²) in [4.78, 5) is 12.4. The van der Waals surface area contributed by atoms with Crippen molar-refractivity contribution >= 4 is 17.7 Å². The van der Waals surface area contributed by atoms with E-state index in [0.29, 0.717) is 29.4 Å². The number of rotatable bonds is 7. The highest BCUT2D eigenvalue weighted by Gasteiger charge is 2.23. The molecule has 7 heteroatoms. The van der Waals surface area contributed by atoms with E-state index in [1.807, 2.05) is 17.6 Å². The second-order valence-electron chi connectivity index (χ2n) is 6.82. The van der Waals surface area contributed by atoms with Crippen LogP contribution in [0.1, 0.15) is 38.4 Å². The molecule has 0 bridgehead atoms. The van der Waals surface area contributed by atoms with Crippen molar-refractivity contribution in [3.63, 3.8) is 0 Å². The summed E-state index contributed by atoms with van der Waals surface area (Å²) >= 11 is 1.41. The normalized spacial score (nSPS) is 20.1. The van der Waals surface area contributed by atoms with Gasteiger partial charge in [0.2, 0.25) is 5.91 Å². The number of carbonyl (C=O) groups is 1. The van der Waals surface area contributed by atoms with Crippen molar-refractivity contribution in [3.05, 3.63) is 30.7 Å². The molecule has 0 spiro atoms. The maximum absolute atomic E-state index is 12.4. The molecule has 0 saturated heterocycles. The molecule has 0 radical (unpaired) electrons. The third kappa shape index (κ3) is 4.20. The Balaban J connectivity index is 1.66. The zero-order valence-corrected chi connectivity index (χ0v) is 16.2. The van der Waals surface area contributed by atoms with Crippen LogP contribution in [0.25, 0.3) is 11.4 Å². The van der Waals surface area contributed by atoms with E-state index in [0.717, 1.165) is 23.6 Å². The molecule has 1 aliphatic carbocycles. The van der Waals surface area contributed by atoms with Crippen molar-refractivity contribution in [2.24, 2.45) is 5.92 Å². The van der Waals surface area contributed by atoms with E-state index in [4.69, 9.17) is 4.42 Å². The number of aromatic nitrogens is 3. The van der Waals surface area contributed by atoms with Gasteiger partial charge in [0.15, 0.2) is 11.0 Å². The van der Waals surface area contributed by atoms with Crippen LogP contribution in [-0.2, 0) is 11.3 Å². The molecule has 140 valence electrons. The number of nitrogens with one attached hydrogen (secondary N) is 1. The summed E-state index contributed by atoms with van der Waals surface area (Å²) in [5.41, 5.74) is 0.909. The minimum absolute atomic E-state index is 0.0583. The van der Waals surface area contributed by atoms with Crippen molar-refractivity contribution in [1.29, 1.82) is 0 Å². The quantitative estimate of drug-likeness (QED) is 0.589. The Morgan fingerprint density at radius 2 is 2.27 bits per heavy atom. The molecule has 2 unspecified atom stereocenters. The molecular weight excluding hydrogens is 348 g/mol. The summed E-state index contributed by atoms with van der Waals surface area (Å²) in [5, 5.41) is 12.5. The summed E-state index contributed by atoms with van der Waals surface area (Å²) in [6.07, 6.45) is 8.18. The van der Waals surface area contributed by atoms with Crippen LogP contribution in [0.3, 0.4) is 0 Å². The molecule has 2 aromatic rings. The van der Waals surface area contributed by atoms with Crippen LogP contribution >= 0.6 is 11.8 Å². The number of thioether (sulfide) groups is 1. The summed E-state index contributed by atoms with van der Waals surface area (Å²) in [6, 6.07) is 2.18. The highest BCUT2D eigenvalue weighted by molar-refractivity contribution is 7.99. The molecular formula is C19H26N4O2S. The second kappa shape index (κ2) is 8.58. The predicted octanol–water partition coefficient (Wildman–Crippen LogP) is 3.82. The van der Waals surface area contributed by atoms with Crippen LogP contribution in [0.2, 0.25) is 0 Å². The van der Waals surface area contributed by atoms with E-state index in [1.165, 1.54) is 31.0 Å². The Morgan fingerprint density at radius 1 is 1.46 bits per heavy atom. The Bertz CT molecular complexity index is 767. The zero-order chi connectivity index (χ0) is 18.5. The number of amides is 1. The molecule has 3 rings (SSSR count). The summed E-state index contributed by atoms with van der Waals surface area (Å²) in [6.45, 7) is 8.51. The zero-order valence-electron chi connectivity index (χ0n) is 15.4. The highest BCUT2D eigenvalue weighted by Crippen LogP contribution is 2.27. The highest BCUT2D eigenvalue weighted by atomic mass is 32.2. The fourth-order valence-electron chi connectivity index (χ4n) is 3.41. The van der Waals surface area contributed by atoms with Gasteiger partial charge >= 0.3 is 0 Å². The SMILES string of the molecule is C=CCn1c(SCC(=O)NC2CCCCC2C)nnc1-c1ccoc1C. The van der Waals surface area contributed by atoms with Gasteiger partial charge in [-0.1, -0.05) is 37.6 Å². The van der Waals surface area contributed by atoms with Crippen LogP contribution in [0, 0.1) is 12.8 Å². The largest absolute Gasteiger partial charge is 0.469 e. The Hall–Kier alpha value is -2.02. The first-order valence-electron chi connectivity index (χ1n) is 9.11. The standard InChI is InChI=1S/C19H26N4O2S/c1-4-10-23-18(15-9-11-25-14(15)3)21-22-19(23)26-12-17(24)20-16-8-6-5-7-13(16)2/h4,9,11,13,16H,1,5-8,10,12H2,2-3H3,(H,20,24). The molecule has 1 N–H and O–H groups in total. The van der Waals surface area contributed by atoms with Crippen molar-refractivity contribution in [2.75, 3.05) is 5.75 Å². The first-order chi connectivity index (χ1) is 12.6. The topological polar surface area (TPSA) is 73.0 Å². The van der Waals surface area contributed by atoms with E-state index in [1.54, 1.807) is 12.3 Å². The minimum atomic E-state index is 0.0583. The summed E-state index contributed by atoms with van der Waals surface area (Å²) in [5.74, 6) is 2.48. The maximum atomic E-state index is 12.4. The molecule has 1 aliphatic rings. The van der Waals surface area contributed by atoms with E-state index in [-0.39, 0.29) is 5.91 Å². The number of furan rings is 1. The average Bonchev–Trinajstić information content (AvgIpc) is 3.21. The lowest BCUT2D eigenvalue weighted by atomic mass is 9.86. The second-order valence-corrected chi connectivity index (χ2v) is 7.76. The molecule has 6 nitrogen and oxygen atoms in total. The van der Waals surface area contributed by atoms with E-state index >= 15 is 0 Å². The molecule has 2 heterocycles. The minimum Gasteiger partial charge on any atom is -0.469 e. The number of nitrogens with zero attached hydrogens (tertiary/aromatic N) is 3. The fraction of sp³-hybridized carbons (Fsp3) is 0.526. The molecule has 2 atom stereocenters. The molecule has 1 saturated carbocycles. The van der Waals surface area contributed by atoms with Gasteiger partial charge in [0.05, 0.1) is 17.6 Å². The first-order valence-corrected chi connectivity index (χ1v) is 10.1. The van der Waals surface area contributed by atoms with Crippen LogP contribution in [0.5, 0.6) is 0 Å². The van der Waals surface area contributed by atoms with Crippen molar-refractivity contribution in [3.8, 4) is 11.4 Å². The van der Waals surface area contributed by atoms with Crippen molar-refractivity contribution in [1.82, 2.24) is 20.1 Å². The third-order valence-electron chi connectivity index (χ3n) is 4.92. The predicted molar refractivity (Wildman–Crippen MR) is 103 cm³/mol. The molecule has 26 heavy (non-hydrogen) atoms. The molecule has 0 aromatic carbocycles. The Kier molecular flexibility index (Phi) is 6.19. The van der Waals surface area contributed by atoms with E-state index in [9.17, 15) is 4.79 Å². The summed E-state index contributed by atoms with van der Waals surface area (Å²) < 4.78 is 7.34. The van der Waals surface area contributed by atoms with Crippen LogP contribution in [-0.4, -0.2) is 32.5 Å². The van der Waals surface area contributed by atoms with Gasteiger partial charge in [-0.3, -0.25) is 9.36 Å². The first kappa shape index (κ1) is 18.8. The lowest BCUT2D eigenvalue weighted by Crippen LogP contribution is -2.41.